The average molecular weight is 382 g/mol. The van der Waals surface area contributed by atoms with Gasteiger partial charge in [0.25, 0.3) is 0 Å². The van der Waals surface area contributed by atoms with E-state index < -0.39 is 6.04 Å². The minimum Gasteiger partial charge on any atom is -0.360 e. The summed E-state index contributed by atoms with van der Waals surface area (Å²) in [5.41, 5.74) is 2.37. The maximum Gasteiger partial charge on any atom is 0.238 e. The Morgan fingerprint density at radius 1 is 1.15 bits per heavy atom. The van der Waals surface area contributed by atoms with Gasteiger partial charge in [-0.15, -0.1) is 11.8 Å². The SMILES string of the molecule is CSc1ccccc1NC(=O)CN(C)[C@@H](C)C(=O)c1c[nH]c2ccccc12. The predicted molar refractivity (Wildman–Crippen MR) is 112 cm³/mol. The van der Waals surface area contributed by atoms with E-state index in [9.17, 15) is 9.59 Å². The zero-order valence-corrected chi connectivity index (χ0v) is 16.5. The summed E-state index contributed by atoms with van der Waals surface area (Å²) in [4.78, 5) is 31.2. The molecule has 3 rings (SSSR count). The topological polar surface area (TPSA) is 65.2 Å². The van der Waals surface area contributed by atoms with E-state index in [0.29, 0.717) is 5.56 Å². The quantitative estimate of drug-likeness (QED) is 0.479. The molecule has 0 radical (unpaired) electrons. The highest BCUT2D eigenvalue weighted by atomic mass is 32.2. The zero-order valence-electron chi connectivity index (χ0n) is 15.7. The lowest BCUT2D eigenvalue weighted by atomic mass is 10.0. The normalized spacial score (nSPS) is 12.3. The van der Waals surface area contributed by atoms with Crippen LogP contribution in [0.15, 0.2) is 59.6 Å². The van der Waals surface area contributed by atoms with E-state index in [0.717, 1.165) is 21.5 Å². The molecule has 0 aliphatic carbocycles. The van der Waals surface area contributed by atoms with Crippen molar-refractivity contribution in [2.75, 3.05) is 25.2 Å². The van der Waals surface area contributed by atoms with Crippen LogP contribution in [0, 0.1) is 0 Å². The number of hydrogen-bond acceptors (Lipinski definition) is 4. The number of fused-ring (bicyclic) bond motifs is 1. The molecule has 27 heavy (non-hydrogen) atoms. The molecule has 1 heterocycles. The molecule has 1 amide bonds. The Hall–Kier alpha value is -2.57. The van der Waals surface area contributed by atoms with Crippen molar-refractivity contribution in [3.05, 3.63) is 60.3 Å². The van der Waals surface area contributed by atoms with Gasteiger partial charge < -0.3 is 10.3 Å². The fraction of sp³-hybridized carbons (Fsp3) is 0.238. The smallest absolute Gasteiger partial charge is 0.238 e. The van der Waals surface area contributed by atoms with E-state index in [2.05, 4.69) is 10.3 Å². The molecule has 1 aromatic heterocycles. The van der Waals surface area contributed by atoms with Gasteiger partial charge in [0.1, 0.15) is 0 Å². The molecule has 0 spiro atoms. The van der Waals surface area contributed by atoms with Gasteiger partial charge in [-0.1, -0.05) is 30.3 Å². The summed E-state index contributed by atoms with van der Waals surface area (Å²) < 4.78 is 0. The number of nitrogens with zero attached hydrogens (tertiary/aromatic N) is 1. The lowest BCUT2D eigenvalue weighted by Crippen LogP contribution is -2.40. The fourth-order valence-electron chi connectivity index (χ4n) is 3.00. The number of amides is 1. The van der Waals surface area contributed by atoms with E-state index in [1.165, 1.54) is 0 Å². The van der Waals surface area contributed by atoms with Crippen LogP contribution in [0.25, 0.3) is 10.9 Å². The second-order valence-corrected chi connectivity index (χ2v) is 7.30. The molecule has 0 saturated carbocycles. The molecular formula is C21H23N3O2S. The summed E-state index contributed by atoms with van der Waals surface area (Å²) in [6.07, 6.45) is 3.71. The Balaban J connectivity index is 1.67. The Labute approximate surface area is 163 Å². The maximum absolute atomic E-state index is 12.9. The van der Waals surface area contributed by atoms with Crippen LogP contribution in [0.4, 0.5) is 5.69 Å². The van der Waals surface area contributed by atoms with Crippen molar-refractivity contribution in [3.8, 4) is 0 Å². The molecule has 0 fully saturated rings. The second kappa shape index (κ2) is 8.41. The summed E-state index contributed by atoms with van der Waals surface area (Å²) in [6.45, 7) is 1.96. The number of benzene rings is 2. The molecule has 5 nitrogen and oxygen atoms in total. The number of carbonyl (C=O) groups is 2. The van der Waals surface area contributed by atoms with Crippen LogP contribution in [-0.4, -0.2) is 47.5 Å². The minimum atomic E-state index is -0.411. The number of ketones is 1. The lowest BCUT2D eigenvalue weighted by Gasteiger charge is -2.23. The Morgan fingerprint density at radius 2 is 1.85 bits per heavy atom. The van der Waals surface area contributed by atoms with Crippen LogP contribution in [0.5, 0.6) is 0 Å². The van der Waals surface area contributed by atoms with E-state index in [1.807, 2.05) is 61.7 Å². The van der Waals surface area contributed by atoms with Crippen LogP contribution in [0.2, 0.25) is 0 Å². The Kier molecular flexibility index (Phi) is 5.98. The number of aromatic amines is 1. The third-order valence-corrected chi connectivity index (χ3v) is 5.47. The summed E-state index contributed by atoms with van der Waals surface area (Å²) >= 11 is 1.58. The summed E-state index contributed by atoms with van der Waals surface area (Å²) in [5, 5.41) is 3.84. The number of hydrogen-bond donors (Lipinski definition) is 2. The molecule has 2 aromatic carbocycles. The van der Waals surface area contributed by atoms with Gasteiger partial charge in [0, 0.05) is 27.6 Å². The van der Waals surface area contributed by atoms with Crippen molar-refractivity contribution >= 4 is 40.0 Å². The van der Waals surface area contributed by atoms with Gasteiger partial charge in [0.2, 0.25) is 5.91 Å². The molecular weight excluding hydrogens is 358 g/mol. The minimum absolute atomic E-state index is 0.00716. The first-order valence-corrected chi connectivity index (χ1v) is 9.97. The standard InChI is InChI=1S/C21H23N3O2S/c1-14(21(26)16-12-22-17-9-5-4-8-15(16)17)24(2)13-20(25)23-18-10-6-7-11-19(18)27-3/h4-12,14,22H,13H2,1-3H3,(H,23,25)/t14-/m0/s1. The predicted octanol–water partition coefficient (Wildman–Crippen LogP) is 4.03. The number of thioether (sulfide) groups is 1. The van der Waals surface area contributed by atoms with Gasteiger partial charge >= 0.3 is 0 Å². The molecule has 0 unspecified atom stereocenters. The fourth-order valence-corrected chi connectivity index (χ4v) is 3.56. The second-order valence-electron chi connectivity index (χ2n) is 6.45. The van der Waals surface area contributed by atoms with Crippen LogP contribution in [0.3, 0.4) is 0 Å². The van der Waals surface area contributed by atoms with Gasteiger partial charge in [-0.2, -0.15) is 0 Å². The molecule has 0 bridgehead atoms. The third-order valence-electron chi connectivity index (χ3n) is 4.67. The lowest BCUT2D eigenvalue weighted by molar-refractivity contribution is -0.117. The van der Waals surface area contributed by atoms with E-state index >= 15 is 0 Å². The number of likely N-dealkylation sites (N-methyl/N-ethyl adjacent to an activating group) is 1. The number of nitrogens with one attached hydrogen (secondary N) is 2. The number of para-hydroxylation sites is 2. The average Bonchev–Trinajstić information content (AvgIpc) is 3.11. The van der Waals surface area contributed by atoms with Crippen molar-refractivity contribution < 1.29 is 9.59 Å². The molecule has 6 heteroatoms. The molecule has 2 N–H and O–H groups in total. The van der Waals surface area contributed by atoms with E-state index in [4.69, 9.17) is 0 Å². The highest BCUT2D eigenvalue weighted by Gasteiger charge is 2.23. The van der Waals surface area contributed by atoms with Crippen molar-refractivity contribution in [2.45, 2.75) is 17.9 Å². The zero-order chi connectivity index (χ0) is 19.4. The number of H-pyrrole nitrogens is 1. The van der Waals surface area contributed by atoms with Crippen LogP contribution in [-0.2, 0) is 4.79 Å². The monoisotopic (exact) mass is 381 g/mol. The van der Waals surface area contributed by atoms with Gasteiger partial charge in [0.15, 0.2) is 5.78 Å². The number of rotatable bonds is 7. The summed E-state index contributed by atoms with van der Waals surface area (Å²) in [7, 11) is 1.79. The van der Waals surface area contributed by atoms with Crippen molar-refractivity contribution in [3.63, 3.8) is 0 Å². The highest BCUT2D eigenvalue weighted by Crippen LogP contribution is 2.24. The van der Waals surface area contributed by atoms with Crippen molar-refractivity contribution in [1.82, 2.24) is 9.88 Å². The molecule has 1 atom stereocenters. The highest BCUT2D eigenvalue weighted by molar-refractivity contribution is 7.98. The van der Waals surface area contributed by atoms with Crippen LogP contribution >= 0.6 is 11.8 Å². The maximum atomic E-state index is 12.9. The van der Waals surface area contributed by atoms with E-state index in [-0.39, 0.29) is 18.2 Å². The number of Topliss-reactive ketones (excluding diaryl/α,β-unsaturated/α-hetero) is 1. The Morgan fingerprint density at radius 3 is 2.63 bits per heavy atom. The van der Waals surface area contributed by atoms with E-state index in [1.54, 1.807) is 29.9 Å². The third kappa shape index (κ3) is 4.23. The van der Waals surface area contributed by atoms with Gasteiger partial charge in [-0.3, -0.25) is 14.5 Å². The van der Waals surface area contributed by atoms with Gasteiger partial charge in [0.05, 0.1) is 18.3 Å². The van der Waals surface area contributed by atoms with Gasteiger partial charge in [-0.25, -0.2) is 0 Å². The van der Waals surface area contributed by atoms with Crippen LogP contribution < -0.4 is 5.32 Å². The number of aromatic nitrogens is 1. The molecule has 0 aliphatic heterocycles. The first-order valence-electron chi connectivity index (χ1n) is 8.74. The largest absolute Gasteiger partial charge is 0.360 e. The summed E-state index contributed by atoms with van der Waals surface area (Å²) in [6, 6.07) is 15.0. The molecule has 3 aromatic rings. The van der Waals surface area contributed by atoms with Gasteiger partial charge in [-0.05, 0) is 38.4 Å². The van der Waals surface area contributed by atoms with Crippen molar-refractivity contribution in [2.24, 2.45) is 0 Å². The molecule has 140 valence electrons. The molecule has 0 saturated heterocycles. The number of carbonyl (C=O) groups excluding carboxylic acids is 2. The first kappa shape index (κ1) is 19.2. The Bertz CT molecular complexity index is 967. The summed E-state index contributed by atoms with van der Waals surface area (Å²) in [5.74, 6) is -0.148. The van der Waals surface area contributed by atoms with Crippen molar-refractivity contribution in [1.29, 1.82) is 0 Å². The first-order chi connectivity index (χ1) is 13.0. The molecule has 0 aliphatic rings. The number of anilines is 1. The van der Waals surface area contributed by atoms with Crippen LogP contribution in [0.1, 0.15) is 17.3 Å².